The summed E-state index contributed by atoms with van der Waals surface area (Å²) >= 11 is 0. The number of anilines is 1. The van der Waals surface area contributed by atoms with Gasteiger partial charge in [0.1, 0.15) is 5.75 Å². The third-order valence-electron chi connectivity index (χ3n) is 6.05. The number of piperidine rings is 1. The Morgan fingerprint density at radius 3 is 2.43 bits per heavy atom. The number of Topliss-reactive ketones (excluding diaryl/α,β-unsaturated/α-hetero) is 1. The lowest BCUT2D eigenvalue weighted by molar-refractivity contribution is 0.0972. The van der Waals surface area contributed by atoms with Crippen molar-refractivity contribution in [1.82, 2.24) is 15.0 Å². The number of aromatic nitrogens is 3. The van der Waals surface area contributed by atoms with Crippen molar-refractivity contribution < 1.29 is 9.53 Å². The molecular formula is C23H24N4O3. The maximum Gasteiger partial charge on any atom is 0.262 e. The molecule has 5 rings (SSSR count). The second-order valence-corrected chi connectivity index (χ2v) is 7.95. The van der Waals surface area contributed by atoms with Crippen molar-refractivity contribution in [1.29, 1.82) is 0 Å². The van der Waals surface area contributed by atoms with Crippen molar-refractivity contribution in [2.24, 2.45) is 0 Å². The van der Waals surface area contributed by atoms with E-state index < -0.39 is 0 Å². The van der Waals surface area contributed by atoms with Gasteiger partial charge >= 0.3 is 0 Å². The molecule has 0 unspecified atom stereocenters. The third-order valence-corrected chi connectivity index (χ3v) is 6.05. The summed E-state index contributed by atoms with van der Waals surface area (Å²) in [6.07, 6.45) is 5.34. The van der Waals surface area contributed by atoms with Crippen LogP contribution in [0.5, 0.6) is 5.75 Å². The lowest BCUT2D eigenvalue weighted by Gasteiger charge is -2.27. The Morgan fingerprint density at radius 1 is 0.933 bits per heavy atom. The van der Waals surface area contributed by atoms with Crippen molar-refractivity contribution >= 4 is 22.8 Å². The Labute approximate surface area is 174 Å². The van der Waals surface area contributed by atoms with Gasteiger partial charge in [-0.05, 0) is 49.8 Å². The molecule has 0 amide bonds. The zero-order chi connectivity index (χ0) is 20.7. The molecule has 1 saturated heterocycles. The Hall–Kier alpha value is -3.22. The number of ketones is 1. The minimum atomic E-state index is -0.250. The van der Waals surface area contributed by atoms with E-state index in [0.29, 0.717) is 41.0 Å². The number of aromatic amines is 1. The monoisotopic (exact) mass is 404 g/mol. The lowest BCUT2D eigenvalue weighted by Crippen LogP contribution is -2.32. The molecule has 1 aliphatic carbocycles. The van der Waals surface area contributed by atoms with Crippen molar-refractivity contribution in [3.8, 4) is 16.9 Å². The highest BCUT2D eigenvalue weighted by atomic mass is 16.5. The zero-order valence-corrected chi connectivity index (χ0v) is 17.0. The lowest BCUT2D eigenvalue weighted by atomic mass is 9.87. The molecule has 7 heteroatoms. The maximum absolute atomic E-state index is 13.3. The number of ether oxygens (including phenoxy) is 1. The van der Waals surface area contributed by atoms with Crippen LogP contribution < -0.4 is 15.2 Å². The first kappa shape index (κ1) is 18.8. The summed E-state index contributed by atoms with van der Waals surface area (Å²) in [5.41, 5.74) is 2.91. The van der Waals surface area contributed by atoms with Crippen LogP contribution in [0.3, 0.4) is 0 Å². The van der Waals surface area contributed by atoms with Crippen LogP contribution in [0.15, 0.2) is 29.1 Å². The number of benzene rings is 1. The Bertz CT molecular complexity index is 1180. The van der Waals surface area contributed by atoms with Gasteiger partial charge < -0.3 is 9.64 Å². The summed E-state index contributed by atoms with van der Waals surface area (Å²) in [6.45, 7) is 1.76. The highest BCUT2D eigenvalue weighted by molar-refractivity contribution is 6.10. The summed E-state index contributed by atoms with van der Waals surface area (Å²) in [5, 5.41) is 0.384. The number of hydrogen-bond acceptors (Lipinski definition) is 6. The third kappa shape index (κ3) is 3.14. The molecule has 0 saturated carbocycles. The van der Waals surface area contributed by atoms with Gasteiger partial charge in [0.25, 0.3) is 5.56 Å². The van der Waals surface area contributed by atoms with Gasteiger partial charge in [-0.3, -0.25) is 14.6 Å². The molecule has 1 aliphatic heterocycles. The van der Waals surface area contributed by atoms with E-state index in [1.807, 2.05) is 24.3 Å². The molecule has 30 heavy (non-hydrogen) atoms. The molecule has 2 aliphatic rings. The Kier molecular flexibility index (Phi) is 4.73. The molecular weight excluding hydrogens is 380 g/mol. The number of methoxy groups -OCH3 is 1. The molecule has 3 heterocycles. The predicted molar refractivity (Wildman–Crippen MR) is 115 cm³/mol. The van der Waals surface area contributed by atoms with E-state index in [0.717, 1.165) is 49.4 Å². The number of nitrogens with one attached hydrogen (secondary N) is 1. The fourth-order valence-corrected chi connectivity index (χ4v) is 4.53. The second kappa shape index (κ2) is 7.55. The van der Waals surface area contributed by atoms with E-state index in [4.69, 9.17) is 14.7 Å². The maximum atomic E-state index is 13.3. The number of pyridine rings is 1. The number of H-pyrrole nitrogens is 1. The van der Waals surface area contributed by atoms with Crippen LogP contribution in [-0.2, 0) is 6.42 Å². The molecule has 0 spiro atoms. The van der Waals surface area contributed by atoms with Gasteiger partial charge in [0.05, 0.1) is 18.2 Å². The van der Waals surface area contributed by atoms with Crippen LogP contribution in [0, 0.1) is 0 Å². The van der Waals surface area contributed by atoms with Gasteiger partial charge in [0.2, 0.25) is 5.95 Å². The van der Waals surface area contributed by atoms with Gasteiger partial charge in [0.15, 0.2) is 11.4 Å². The molecule has 1 N–H and O–H groups in total. The fraction of sp³-hybridized carbons (Fsp3) is 0.391. The van der Waals surface area contributed by atoms with E-state index in [1.165, 1.54) is 6.42 Å². The second-order valence-electron chi connectivity index (χ2n) is 7.95. The van der Waals surface area contributed by atoms with Crippen molar-refractivity contribution in [2.45, 2.75) is 38.5 Å². The summed E-state index contributed by atoms with van der Waals surface area (Å²) in [4.78, 5) is 40.6. The summed E-state index contributed by atoms with van der Waals surface area (Å²) in [7, 11) is 1.61. The summed E-state index contributed by atoms with van der Waals surface area (Å²) < 4.78 is 5.27. The molecule has 1 aromatic carbocycles. The number of carbonyl (C=O) groups excluding carboxylic acids is 1. The Morgan fingerprint density at radius 2 is 1.70 bits per heavy atom. The summed E-state index contributed by atoms with van der Waals surface area (Å²) in [6, 6.07) is 7.44. The minimum Gasteiger partial charge on any atom is -0.497 e. The van der Waals surface area contributed by atoms with Crippen molar-refractivity contribution in [3.05, 3.63) is 45.9 Å². The van der Waals surface area contributed by atoms with Crippen LogP contribution in [0.4, 0.5) is 5.95 Å². The number of aryl methyl sites for hydroxylation is 1. The fourth-order valence-electron chi connectivity index (χ4n) is 4.53. The van der Waals surface area contributed by atoms with Crippen molar-refractivity contribution in [3.63, 3.8) is 0 Å². The predicted octanol–water partition coefficient (Wildman–Crippen LogP) is 3.50. The van der Waals surface area contributed by atoms with E-state index >= 15 is 0 Å². The van der Waals surface area contributed by atoms with Gasteiger partial charge in [-0.25, -0.2) is 4.98 Å². The van der Waals surface area contributed by atoms with Crippen LogP contribution in [-0.4, -0.2) is 40.9 Å². The average molecular weight is 404 g/mol. The van der Waals surface area contributed by atoms with E-state index in [9.17, 15) is 9.59 Å². The molecule has 0 atom stereocenters. The zero-order valence-electron chi connectivity index (χ0n) is 17.0. The number of carbonyl (C=O) groups is 1. The van der Waals surface area contributed by atoms with E-state index in [1.54, 1.807) is 7.11 Å². The molecule has 0 radical (unpaired) electrons. The first-order chi connectivity index (χ1) is 14.7. The number of nitrogens with zero attached hydrogens (tertiary/aromatic N) is 3. The smallest absolute Gasteiger partial charge is 0.262 e. The van der Waals surface area contributed by atoms with Gasteiger partial charge in [-0.2, -0.15) is 4.98 Å². The topological polar surface area (TPSA) is 88.2 Å². The van der Waals surface area contributed by atoms with Crippen LogP contribution in [0.2, 0.25) is 0 Å². The molecule has 0 bridgehead atoms. The number of fused-ring (bicyclic) bond motifs is 2. The molecule has 2 aromatic heterocycles. The van der Waals surface area contributed by atoms with Gasteiger partial charge in [-0.15, -0.1) is 0 Å². The first-order valence-electron chi connectivity index (χ1n) is 10.5. The molecule has 3 aromatic rings. The quantitative estimate of drug-likeness (QED) is 0.719. The first-order valence-corrected chi connectivity index (χ1v) is 10.5. The average Bonchev–Trinajstić information content (AvgIpc) is 2.78. The molecule has 7 nitrogen and oxygen atoms in total. The normalized spacial score (nSPS) is 16.6. The molecule has 154 valence electrons. The highest BCUT2D eigenvalue weighted by Crippen LogP contribution is 2.35. The van der Waals surface area contributed by atoms with Gasteiger partial charge in [0, 0.05) is 30.6 Å². The standard InChI is InChI=1S/C23H24N4O3/c1-30-15-10-8-14(9-11-15)18-19-16(6-5-7-17(19)28)24-21-20(18)22(29)26-23(25-21)27-12-3-2-4-13-27/h8-11H,2-7,12-13H2,1H3,(H,24,25,26,29). The van der Waals surface area contributed by atoms with Crippen LogP contribution in [0.25, 0.3) is 22.2 Å². The Balaban J connectivity index is 1.77. The number of hydrogen-bond donors (Lipinski definition) is 1. The largest absolute Gasteiger partial charge is 0.497 e. The highest BCUT2D eigenvalue weighted by Gasteiger charge is 2.28. The SMILES string of the molecule is COc1ccc(-c2c3c(nc4nc(N5CCCCC5)[nH]c(=O)c24)CCCC3=O)cc1. The van der Waals surface area contributed by atoms with Gasteiger partial charge in [-0.1, -0.05) is 12.1 Å². The van der Waals surface area contributed by atoms with Crippen molar-refractivity contribution in [2.75, 3.05) is 25.1 Å². The van der Waals surface area contributed by atoms with E-state index in [2.05, 4.69) is 9.88 Å². The van der Waals surface area contributed by atoms with Crippen LogP contribution in [0.1, 0.15) is 48.2 Å². The minimum absolute atomic E-state index is 0.0379. The van der Waals surface area contributed by atoms with Crippen LogP contribution >= 0.6 is 0 Å². The molecule has 1 fully saturated rings. The summed E-state index contributed by atoms with van der Waals surface area (Å²) in [5.74, 6) is 1.33. The number of rotatable bonds is 3. The van der Waals surface area contributed by atoms with E-state index in [-0.39, 0.29) is 11.3 Å².